The molecule has 2 heterocycles. The molecule has 1 atom stereocenters. The number of carboxylic acid groups (broad SMARTS) is 1. The van der Waals surface area contributed by atoms with Crippen LogP contribution in [0.4, 0.5) is 0 Å². The zero-order valence-electron chi connectivity index (χ0n) is 15.9. The number of carbonyl (C=O) groups excluding carboxylic acids is 1. The number of halogens is 2. The molecule has 0 spiro atoms. The molecule has 152 valence electrons. The molecule has 28 heavy (non-hydrogen) atoms. The Morgan fingerprint density at radius 1 is 1.29 bits per heavy atom. The minimum absolute atomic E-state index is 0. The van der Waals surface area contributed by atoms with Crippen LogP contribution in [0.3, 0.4) is 0 Å². The van der Waals surface area contributed by atoms with Gasteiger partial charge in [-0.25, -0.2) is 0 Å². The quantitative estimate of drug-likeness (QED) is 0.676. The predicted octanol–water partition coefficient (Wildman–Crippen LogP) is 4.96. The topological polar surface area (TPSA) is 66.8 Å². The highest BCUT2D eigenvalue weighted by Gasteiger charge is 2.33. The van der Waals surface area contributed by atoms with Gasteiger partial charge in [0, 0.05) is 23.0 Å². The van der Waals surface area contributed by atoms with Crippen molar-refractivity contribution in [3.63, 3.8) is 0 Å². The molecule has 0 radical (unpaired) electrons. The first-order valence-corrected chi connectivity index (χ1v) is 9.91. The van der Waals surface area contributed by atoms with Crippen LogP contribution in [0.25, 0.3) is 0 Å². The van der Waals surface area contributed by atoms with Gasteiger partial charge >= 0.3 is 11.9 Å². The van der Waals surface area contributed by atoms with Gasteiger partial charge in [0.15, 0.2) is 5.06 Å². The fraction of sp³-hybridized carbons (Fsp3) is 0.400. The molecule has 0 amide bonds. The summed E-state index contributed by atoms with van der Waals surface area (Å²) in [6.07, 6.45) is 0.710. The third kappa shape index (κ3) is 4.87. The SMILES string of the molecule is CC(C)(C)C(=O)Oc1cc2c(s1)CCN(C(C(=O)O)c1ccccc1Cl)C2.Cl. The first kappa shape index (κ1) is 22.7. The molecule has 0 aliphatic carbocycles. The summed E-state index contributed by atoms with van der Waals surface area (Å²) in [5.41, 5.74) is 1.01. The summed E-state index contributed by atoms with van der Waals surface area (Å²) in [4.78, 5) is 27.1. The van der Waals surface area contributed by atoms with Crippen LogP contribution >= 0.6 is 35.3 Å². The van der Waals surface area contributed by atoms with E-state index in [2.05, 4.69) is 0 Å². The lowest BCUT2D eigenvalue weighted by Gasteiger charge is -2.32. The van der Waals surface area contributed by atoms with Crippen LogP contribution in [-0.2, 0) is 22.6 Å². The molecule has 1 aromatic carbocycles. The van der Waals surface area contributed by atoms with Crippen LogP contribution in [-0.4, -0.2) is 28.5 Å². The minimum atomic E-state index is -0.929. The number of esters is 1. The number of carboxylic acids is 1. The maximum absolute atomic E-state index is 12.1. The highest BCUT2D eigenvalue weighted by molar-refractivity contribution is 7.14. The summed E-state index contributed by atoms with van der Waals surface area (Å²) in [5.74, 6) is -1.21. The van der Waals surface area contributed by atoms with Crippen molar-refractivity contribution in [3.05, 3.63) is 51.4 Å². The first-order valence-electron chi connectivity index (χ1n) is 8.72. The molecule has 1 aliphatic heterocycles. The first-order chi connectivity index (χ1) is 12.7. The molecule has 3 rings (SSSR count). The third-order valence-electron chi connectivity index (χ3n) is 4.48. The normalized spacial score (nSPS) is 15.3. The molecule has 0 saturated heterocycles. The van der Waals surface area contributed by atoms with E-state index in [0.717, 1.165) is 10.4 Å². The smallest absolute Gasteiger partial charge is 0.325 e. The van der Waals surface area contributed by atoms with Gasteiger partial charge < -0.3 is 9.84 Å². The van der Waals surface area contributed by atoms with E-state index in [0.29, 0.717) is 35.2 Å². The predicted molar refractivity (Wildman–Crippen MR) is 113 cm³/mol. The molecule has 0 fully saturated rings. The van der Waals surface area contributed by atoms with E-state index in [1.54, 1.807) is 24.3 Å². The lowest BCUT2D eigenvalue weighted by Crippen LogP contribution is -2.37. The van der Waals surface area contributed by atoms with Gasteiger partial charge in [-0.1, -0.05) is 29.8 Å². The van der Waals surface area contributed by atoms with Gasteiger partial charge in [-0.2, -0.15) is 0 Å². The number of hydrogen-bond acceptors (Lipinski definition) is 5. The van der Waals surface area contributed by atoms with Crippen molar-refractivity contribution >= 4 is 47.3 Å². The van der Waals surface area contributed by atoms with E-state index >= 15 is 0 Å². The van der Waals surface area contributed by atoms with E-state index in [9.17, 15) is 14.7 Å². The van der Waals surface area contributed by atoms with E-state index in [4.69, 9.17) is 16.3 Å². The monoisotopic (exact) mass is 443 g/mol. The average Bonchev–Trinajstić information content (AvgIpc) is 2.97. The minimum Gasteiger partial charge on any atom is -0.480 e. The summed E-state index contributed by atoms with van der Waals surface area (Å²) < 4.78 is 5.50. The Morgan fingerprint density at radius 2 is 1.96 bits per heavy atom. The summed E-state index contributed by atoms with van der Waals surface area (Å²) in [6.45, 7) is 6.51. The summed E-state index contributed by atoms with van der Waals surface area (Å²) in [5, 5.41) is 10.8. The number of hydrogen-bond donors (Lipinski definition) is 1. The number of carbonyl (C=O) groups is 2. The van der Waals surface area contributed by atoms with Crippen molar-refractivity contribution in [2.75, 3.05) is 6.54 Å². The number of benzene rings is 1. The van der Waals surface area contributed by atoms with Crippen molar-refractivity contribution in [1.82, 2.24) is 4.90 Å². The Labute approximate surface area is 179 Å². The second-order valence-electron chi connectivity index (χ2n) is 7.64. The van der Waals surface area contributed by atoms with E-state index in [1.165, 1.54) is 11.3 Å². The van der Waals surface area contributed by atoms with Gasteiger partial charge in [0.2, 0.25) is 0 Å². The summed E-state index contributed by atoms with van der Waals surface area (Å²) >= 11 is 7.70. The molecule has 2 aromatic rings. The lowest BCUT2D eigenvalue weighted by atomic mass is 9.97. The van der Waals surface area contributed by atoms with Gasteiger partial charge in [0.1, 0.15) is 6.04 Å². The van der Waals surface area contributed by atoms with Gasteiger partial charge in [-0.15, -0.1) is 23.7 Å². The molecule has 1 aliphatic rings. The fourth-order valence-corrected chi connectivity index (χ4v) is 4.27. The van der Waals surface area contributed by atoms with Crippen LogP contribution in [0.1, 0.15) is 42.8 Å². The largest absolute Gasteiger partial charge is 0.480 e. The molecule has 5 nitrogen and oxygen atoms in total. The number of fused-ring (bicyclic) bond motifs is 1. The molecule has 0 bridgehead atoms. The van der Waals surface area contributed by atoms with E-state index in [1.807, 2.05) is 31.7 Å². The number of rotatable bonds is 4. The van der Waals surface area contributed by atoms with Crippen LogP contribution < -0.4 is 4.74 Å². The fourth-order valence-electron chi connectivity index (χ4n) is 3.03. The molecular weight excluding hydrogens is 421 g/mol. The summed E-state index contributed by atoms with van der Waals surface area (Å²) in [6, 6.07) is 8.07. The molecule has 1 N–H and O–H groups in total. The van der Waals surface area contributed by atoms with Crippen LogP contribution in [0.2, 0.25) is 5.02 Å². The van der Waals surface area contributed by atoms with Gasteiger partial charge in [-0.3, -0.25) is 14.5 Å². The number of ether oxygens (including phenoxy) is 1. The third-order valence-corrected chi connectivity index (χ3v) is 5.94. The Kier molecular flexibility index (Phi) is 7.15. The Morgan fingerprint density at radius 3 is 2.57 bits per heavy atom. The van der Waals surface area contributed by atoms with Crippen LogP contribution in [0.5, 0.6) is 5.06 Å². The second kappa shape index (κ2) is 8.82. The van der Waals surface area contributed by atoms with Gasteiger partial charge in [-0.05, 0) is 50.5 Å². The molecule has 1 unspecified atom stereocenters. The second-order valence-corrected chi connectivity index (χ2v) is 9.14. The number of nitrogens with zero attached hydrogens (tertiary/aromatic N) is 1. The Hall–Kier alpha value is -1.60. The van der Waals surface area contributed by atoms with E-state index < -0.39 is 17.4 Å². The number of aliphatic carboxylic acids is 1. The van der Waals surface area contributed by atoms with Crippen molar-refractivity contribution < 1.29 is 19.4 Å². The molecule has 8 heteroatoms. The molecule has 1 aromatic heterocycles. The maximum atomic E-state index is 12.1. The zero-order chi connectivity index (χ0) is 19.8. The maximum Gasteiger partial charge on any atom is 0.325 e. The van der Waals surface area contributed by atoms with Crippen molar-refractivity contribution in [2.45, 2.75) is 39.8 Å². The van der Waals surface area contributed by atoms with Gasteiger partial charge in [0.05, 0.1) is 5.41 Å². The zero-order valence-corrected chi connectivity index (χ0v) is 18.3. The lowest BCUT2D eigenvalue weighted by molar-refractivity contribution is -0.144. The Balaban J connectivity index is 0.00000280. The highest BCUT2D eigenvalue weighted by atomic mass is 35.5. The Bertz CT molecular complexity index is 875. The van der Waals surface area contributed by atoms with E-state index in [-0.39, 0.29) is 18.4 Å². The number of thiophene rings is 1. The van der Waals surface area contributed by atoms with Gasteiger partial charge in [0.25, 0.3) is 0 Å². The van der Waals surface area contributed by atoms with Crippen LogP contribution in [0.15, 0.2) is 30.3 Å². The summed E-state index contributed by atoms with van der Waals surface area (Å²) in [7, 11) is 0. The van der Waals surface area contributed by atoms with Crippen molar-refractivity contribution in [1.29, 1.82) is 0 Å². The standard InChI is InChI=1S/C20H22ClNO4S.ClH/c1-20(2,3)19(25)26-16-10-12-11-22(9-8-15(12)27-16)17(18(23)24)13-6-4-5-7-14(13)21;/h4-7,10,17H,8-9,11H2,1-3H3,(H,23,24);1H. The van der Waals surface area contributed by atoms with Crippen molar-refractivity contribution in [2.24, 2.45) is 5.41 Å². The van der Waals surface area contributed by atoms with Crippen molar-refractivity contribution in [3.8, 4) is 5.06 Å². The molecule has 0 saturated carbocycles. The highest BCUT2D eigenvalue weighted by Crippen LogP contribution is 2.38. The van der Waals surface area contributed by atoms with Crippen LogP contribution in [0, 0.1) is 5.41 Å². The average molecular weight is 444 g/mol. The molecular formula is C20H23Cl2NO4S.